The minimum absolute atomic E-state index is 0.191. The van der Waals surface area contributed by atoms with Crippen LogP contribution in [0.4, 0.5) is 11.4 Å². The first-order valence-electron chi connectivity index (χ1n) is 5.22. The maximum atomic E-state index is 11.8. The molecule has 0 aromatic heterocycles. The van der Waals surface area contributed by atoms with E-state index in [1.807, 2.05) is 0 Å². The molecule has 1 rings (SSSR count). The van der Waals surface area contributed by atoms with Crippen molar-refractivity contribution in [3.8, 4) is 12.1 Å². The van der Waals surface area contributed by atoms with E-state index in [-0.39, 0.29) is 32.5 Å². The predicted molar refractivity (Wildman–Crippen MR) is 74.4 cm³/mol. The summed E-state index contributed by atoms with van der Waals surface area (Å²) in [5, 5.41) is 16.6. The topological polar surface area (TPSA) is 134 Å². The molecule has 1 aromatic rings. The monoisotopic (exact) mass is 310 g/mol. The van der Waals surface area contributed by atoms with Crippen LogP contribution >= 0.6 is 23.2 Å². The number of benzene rings is 1. The Morgan fingerprint density at radius 1 is 0.900 bits per heavy atom. The molecule has 0 spiro atoms. The fourth-order valence-electron chi connectivity index (χ4n) is 1.59. The molecule has 0 aliphatic rings. The van der Waals surface area contributed by atoms with E-state index < -0.39 is 24.4 Å². The molecule has 0 bridgehead atoms. The maximum absolute atomic E-state index is 11.8. The van der Waals surface area contributed by atoms with Crippen molar-refractivity contribution < 1.29 is 9.59 Å². The Morgan fingerprint density at radius 3 is 1.45 bits per heavy atom. The van der Waals surface area contributed by atoms with Gasteiger partial charge in [-0.2, -0.15) is 10.5 Å². The number of anilines is 2. The first-order chi connectivity index (χ1) is 9.36. The highest BCUT2D eigenvalue weighted by molar-refractivity contribution is 6.43. The molecule has 0 fully saturated rings. The number of Topliss-reactive ketones (excluding diaryl/α,β-unsaturated/α-hetero) is 2. The molecule has 0 atom stereocenters. The summed E-state index contributed by atoms with van der Waals surface area (Å²) in [6.45, 7) is 0. The normalized spacial score (nSPS) is 9.60. The number of carbonyl (C=O) groups is 2. The van der Waals surface area contributed by atoms with Crippen LogP contribution < -0.4 is 11.5 Å². The molecule has 20 heavy (non-hydrogen) atoms. The molecular weight excluding hydrogens is 303 g/mol. The maximum Gasteiger partial charge on any atom is 0.180 e. The van der Waals surface area contributed by atoms with Gasteiger partial charge in [0, 0.05) is 0 Å². The number of hydrogen-bond acceptors (Lipinski definition) is 6. The molecule has 0 heterocycles. The number of nitrogens with zero attached hydrogens (tertiary/aromatic N) is 2. The average molecular weight is 311 g/mol. The first-order valence-corrected chi connectivity index (χ1v) is 5.98. The summed E-state index contributed by atoms with van der Waals surface area (Å²) < 4.78 is 0. The number of nitriles is 2. The van der Waals surface area contributed by atoms with E-state index in [0.717, 1.165) is 0 Å². The predicted octanol–water partition coefficient (Wildman–Crippen LogP) is 2.35. The molecule has 0 saturated carbocycles. The van der Waals surface area contributed by atoms with Gasteiger partial charge in [-0.15, -0.1) is 0 Å². The lowest BCUT2D eigenvalue weighted by atomic mass is 9.98. The summed E-state index contributed by atoms with van der Waals surface area (Å²) >= 11 is 11.8. The van der Waals surface area contributed by atoms with Crippen molar-refractivity contribution >= 4 is 46.1 Å². The van der Waals surface area contributed by atoms with Crippen molar-refractivity contribution in [2.45, 2.75) is 12.8 Å². The Morgan fingerprint density at radius 2 is 1.20 bits per heavy atom. The lowest BCUT2D eigenvalue weighted by Crippen LogP contribution is -2.12. The summed E-state index contributed by atoms with van der Waals surface area (Å²) in [4.78, 5) is 23.5. The van der Waals surface area contributed by atoms with Crippen molar-refractivity contribution in [2.75, 3.05) is 11.5 Å². The Bertz CT molecular complexity index is 598. The smallest absolute Gasteiger partial charge is 0.180 e. The van der Waals surface area contributed by atoms with Gasteiger partial charge in [-0.1, -0.05) is 23.2 Å². The Labute approximate surface area is 124 Å². The van der Waals surface area contributed by atoms with Gasteiger partial charge in [-0.25, -0.2) is 0 Å². The van der Waals surface area contributed by atoms with E-state index in [1.54, 1.807) is 12.1 Å². The van der Waals surface area contributed by atoms with Gasteiger partial charge >= 0.3 is 0 Å². The third-order valence-corrected chi connectivity index (χ3v) is 3.27. The number of halogens is 2. The van der Waals surface area contributed by atoms with E-state index in [4.69, 9.17) is 45.2 Å². The zero-order valence-electron chi connectivity index (χ0n) is 10.0. The second-order valence-corrected chi connectivity index (χ2v) is 4.48. The van der Waals surface area contributed by atoms with Crippen molar-refractivity contribution in [3.05, 3.63) is 21.2 Å². The van der Waals surface area contributed by atoms with Crippen LogP contribution in [0.2, 0.25) is 10.0 Å². The molecule has 6 nitrogen and oxygen atoms in total. The Balaban J connectivity index is 3.59. The summed E-state index contributed by atoms with van der Waals surface area (Å²) in [6.07, 6.45) is -0.906. The quantitative estimate of drug-likeness (QED) is 0.647. The highest BCUT2D eigenvalue weighted by Crippen LogP contribution is 2.40. The molecule has 0 amide bonds. The fraction of sp³-hybridized carbons (Fsp3) is 0.167. The van der Waals surface area contributed by atoms with Gasteiger partial charge in [0.05, 0.1) is 57.5 Å². The fourth-order valence-corrected chi connectivity index (χ4v) is 2.19. The van der Waals surface area contributed by atoms with Crippen molar-refractivity contribution in [1.29, 1.82) is 10.5 Å². The molecule has 0 unspecified atom stereocenters. The van der Waals surface area contributed by atoms with Gasteiger partial charge in [0.25, 0.3) is 0 Å². The summed E-state index contributed by atoms with van der Waals surface area (Å²) in [7, 11) is 0. The van der Waals surface area contributed by atoms with Gasteiger partial charge in [-0.05, 0) is 0 Å². The highest BCUT2D eigenvalue weighted by Gasteiger charge is 2.26. The molecule has 8 heteroatoms. The Kier molecular flexibility index (Phi) is 4.93. The highest BCUT2D eigenvalue weighted by atomic mass is 35.5. The van der Waals surface area contributed by atoms with Crippen LogP contribution in [-0.2, 0) is 0 Å². The van der Waals surface area contributed by atoms with E-state index in [0.29, 0.717) is 0 Å². The average Bonchev–Trinajstić information content (AvgIpc) is 2.37. The lowest BCUT2D eigenvalue weighted by Gasteiger charge is -2.14. The van der Waals surface area contributed by atoms with Crippen LogP contribution in [-0.4, -0.2) is 11.6 Å². The molecular formula is C12H8Cl2N4O2. The van der Waals surface area contributed by atoms with Crippen LogP contribution in [0.3, 0.4) is 0 Å². The molecule has 0 aliphatic carbocycles. The standard InChI is InChI=1S/C12H8Cl2N4O2/c13-9-7(5(19)1-3-15)11(17)10(14)8(12(9)18)6(20)2-4-16/h1-2,17-18H2. The van der Waals surface area contributed by atoms with E-state index in [2.05, 4.69) is 0 Å². The zero-order chi connectivity index (χ0) is 15.4. The van der Waals surface area contributed by atoms with Crippen LogP contribution in [0.1, 0.15) is 33.6 Å². The molecule has 0 aliphatic heterocycles. The molecule has 0 saturated heterocycles. The van der Waals surface area contributed by atoms with Crippen molar-refractivity contribution in [1.82, 2.24) is 0 Å². The molecule has 0 radical (unpaired) electrons. The molecule has 102 valence electrons. The largest absolute Gasteiger partial charge is 0.397 e. The van der Waals surface area contributed by atoms with Gasteiger partial charge in [0.2, 0.25) is 0 Å². The number of nitrogens with two attached hydrogens (primary N) is 2. The summed E-state index contributed by atoms with van der Waals surface area (Å²) in [5.41, 5.74) is 10.5. The molecule has 1 aromatic carbocycles. The van der Waals surface area contributed by atoms with Crippen LogP contribution in [0.15, 0.2) is 0 Å². The number of ketones is 2. The number of carbonyl (C=O) groups excluding carboxylic acids is 2. The molecule has 4 N–H and O–H groups in total. The third kappa shape index (κ3) is 2.67. The van der Waals surface area contributed by atoms with E-state index >= 15 is 0 Å². The first kappa shape index (κ1) is 15.8. The zero-order valence-corrected chi connectivity index (χ0v) is 11.5. The second-order valence-electron chi connectivity index (χ2n) is 3.72. The van der Waals surface area contributed by atoms with E-state index in [9.17, 15) is 9.59 Å². The minimum Gasteiger partial charge on any atom is -0.397 e. The van der Waals surface area contributed by atoms with Crippen LogP contribution in [0.5, 0.6) is 0 Å². The van der Waals surface area contributed by atoms with E-state index in [1.165, 1.54) is 0 Å². The lowest BCUT2D eigenvalue weighted by molar-refractivity contribution is 0.0987. The summed E-state index contributed by atoms with van der Waals surface area (Å²) in [5.74, 6) is -1.30. The van der Waals surface area contributed by atoms with Gasteiger partial charge in [0.1, 0.15) is 0 Å². The number of hydrogen-bond donors (Lipinski definition) is 2. The van der Waals surface area contributed by atoms with Crippen molar-refractivity contribution in [3.63, 3.8) is 0 Å². The number of rotatable bonds is 4. The SMILES string of the molecule is N#CCC(=O)c1c(N)c(Cl)c(C(=O)CC#N)c(N)c1Cl. The van der Waals surface area contributed by atoms with Gasteiger partial charge in [0.15, 0.2) is 11.6 Å². The second kappa shape index (κ2) is 6.25. The van der Waals surface area contributed by atoms with Crippen molar-refractivity contribution in [2.24, 2.45) is 0 Å². The third-order valence-electron chi connectivity index (χ3n) is 2.49. The van der Waals surface area contributed by atoms with Gasteiger partial charge in [-0.3, -0.25) is 9.59 Å². The van der Waals surface area contributed by atoms with Gasteiger partial charge < -0.3 is 11.5 Å². The minimum atomic E-state index is -0.650. The number of nitrogen functional groups attached to an aromatic ring is 2. The van der Waals surface area contributed by atoms with Crippen LogP contribution in [0.25, 0.3) is 0 Å². The Hall–Kier alpha value is -2.28. The summed E-state index contributed by atoms with van der Waals surface area (Å²) in [6, 6.07) is 3.32. The van der Waals surface area contributed by atoms with Crippen LogP contribution in [0, 0.1) is 22.7 Å².